The van der Waals surface area contributed by atoms with E-state index in [1.54, 1.807) is 6.20 Å². The molecule has 0 fully saturated rings. The van der Waals surface area contributed by atoms with Crippen molar-refractivity contribution < 1.29 is 4.74 Å². The highest BCUT2D eigenvalue weighted by Crippen LogP contribution is 2.26. The summed E-state index contributed by atoms with van der Waals surface area (Å²) in [5.41, 5.74) is 0.891. The van der Waals surface area contributed by atoms with Gasteiger partial charge in [0.1, 0.15) is 11.6 Å². The smallest absolute Gasteiger partial charge is 0.224 e. The maximum atomic E-state index is 5.60. The number of aromatic nitrogens is 2. The summed E-state index contributed by atoms with van der Waals surface area (Å²) >= 11 is 0. The van der Waals surface area contributed by atoms with E-state index in [4.69, 9.17) is 4.74 Å². The Morgan fingerprint density at radius 3 is 2.77 bits per heavy atom. The van der Waals surface area contributed by atoms with Crippen molar-refractivity contribution in [1.82, 2.24) is 14.9 Å². The van der Waals surface area contributed by atoms with Crippen molar-refractivity contribution in [3.8, 4) is 5.75 Å². The first-order chi connectivity index (χ1) is 10.7. The monoisotopic (exact) mass is 301 g/mol. The molecule has 0 atom stereocenters. The summed E-state index contributed by atoms with van der Waals surface area (Å²) < 4.78 is 5.60. The Balaban J connectivity index is 2.04. The topological polar surface area (TPSA) is 62.3 Å². The first-order valence-corrected chi connectivity index (χ1v) is 7.39. The van der Waals surface area contributed by atoms with Crippen molar-refractivity contribution in [2.75, 3.05) is 44.4 Å². The molecule has 0 unspecified atom stereocenters. The van der Waals surface area contributed by atoms with E-state index in [9.17, 15) is 0 Å². The molecule has 1 aromatic carbocycles. The predicted octanol–water partition coefficient (Wildman–Crippen LogP) is 2.59. The highest BCUT2D eigenvalue weighted by Gasteiger charge is 2.04. The van der Waals surface area contributed by atoms with Gasteiger partial charge in [-0.2, -0.15) is 4.98 Å². The van der Waals surface area contributed by atoms with Gasteiger partial charge in [-0.3, -0.25) is 0 Å². The lowest BCUT2D eigenvalue weighted by Gasteiger charge is -2.13. The Hall–Kier alpha value is -2.34. The van der Waals surface area contributed by atoms with Crippen LogP contribution >= 0.6 is 0 Å². The second kappa shape index (κ2) is 8.19. The average molecular weight is 301 g/mol. The van der Waals surface area contributed by atoms with Gasteiger partial charge in [-0.25, -0.2) is 4.98 Å². The molecule has 0 aliphatic rings. The van der Waals surface area contributed by atoms with Crippen LogP contribution in [0.2, 0.25) is 0 Å². The molecule has 0 aliphatic heterocycles. The van der Waals surface area contributed by atoms with Crippen LogP contribution in [0.4, 0.5) is 17.5 Å². The Kier molecular flexibility index (Phi) is 5.97. The van der Waals surface area contributed by atoms with Crippen LogP contribution in [0.15, 0.2) is 36.5 Å². The number of benzene rings is 1. The fourth-order valence-electron chi connectivity index (χ4n) is 1.89. The van der Waals surface area contributed by atoms with E-state index in [0.29, 0.717) is 12.6 Å². The summed E-state index contributed by atoms with van der Waals surface area (Å²) in [4.78, 5) is 10.8. The van der Waals surface area contributed by atoms with Crippen molar-refractivity contribution in [2.45, 2.75) is 6.92 Å². The molecule has 6 nitrogen and oxygen atoms in total. The van der Waals surface area contributed by atoms with E-state index >= 15 is 0 Å². The predicted molar refractivity (Wildman–Crippen MR) is 90.0 cm³/mol. The Morgan fingerprint density at radius 2 is 2.00 bits per heavy atom. The molecule has 1 aromatic heterocycles. The molecule has 0 aliphatic carbocycles. The lowest BCUT2D eigenvalue weighted by molar-refractivity contribution is 0.342. The van der Waals surface area contributed by atoms with E-state index in [1.807, 2.05) is 51.4 Å². The minimum absolute atomic E-state index is 0.612. The number of hydrogen-bond acceptors (Lipinski definition) is 6. The van der Waals surface area contributed by atoms with Crippen LogP contribution in [0.1, 0.15) is 6.92 Å². The third-order valence-electron chi connectivity index (χ3n) is 2.95. The van der Waals surface area contributed by atoms with Crippen LogP contribution in [0.3, 0.4) is 0 Å². The fraction of sp³-hybridized carbons (Fsp3) is 0.375. The first kappa shape index (κ1) is 16.0. The van der Waals surface area contributed by atoms with Crippen molar-refractivity contribution >= 4 is 17.5 Å². The van der Waals surface area contributed by atoms with Crippen LogP contribution in [-0.2, 0) is 0 Å². The molecule has 2 aromatic rings. The summed E-state index contributed by atoms with van der Waals surface area (Å²) in [6.07, 6.45) is 1.73. The molecule has 0 amide bonds. The average Bonchev–Trinajstić information content (AvgIpc) is 2.50. The number of nitrogens with zero attached hydrogens (tertiary/aromatic N) is 3. The third-order valence-corrected chi connectivity index (χ3v) is 2.95. The van der Waals surface area contributed by atoms with Gasteiger partial charge in [0.15, 0.2) is 0 Å². The van der Waals surface area contributed by atoms with Gasteiger partial charge in [0.2, 0.25) is 5.95 Å². The Labute approximate surface area is 131 Å². The maximum Gasteiger partial charge on any atom is 0.224 e. The van der Waals surface area contributed by atoms with E-state index in [0.717, 1.165) is 30.3 Å². The zero-order valence-electron chi connectivity index (χ0n) is 13.3. The zero-order valence-corrected chi connectivity index (χ0v) is 13.3. The van der Waals surface area contributed by atoms with Gasteiger partial charge in [-0.15, -0.1) is 0 Å². The number of nitrogens with one attached hydrogen (secondary N) is 2. The number of para-hydroxylation sites is 2. The van der Waals surface area contributed by atoms with Gasteiger partial charge in [0.05, 0.1) is 12.3 Å². The zero-order chi connectivity index (χ0) is 15.8. The van der Waals surface area contributed by atoms with Gasteiger partial charge in [0.25, 0.3) is 0 Å². The van der Waals surface area contributed by atoms with Crippen molar-refractivity contribution in [2.24, 2.45) is 0 Å². The number of anilines is 3. The highest BCUT2D eigenvalue weighted by atomic mass is 16.5. The molecule has 0 spiro atoms. The number of ether oxygens (including phenoxy) is 1. The molecule has 1 heterocycles. The summed E-state index contributed by atoms with van der Waals surface area (Å²) in [5, 5.41) is 6.48. The number of likely N-dealkylation sites (N-methyl/N-ethyl adjacent to an activating group) is 1. The molecule has 2 N–H and O–H groups in total. The number of hydrogen-bond donors (Lipinski definition) is 2. The molecule has 6 heteroatoms. The molecule has 0 bridgehead atoms. The van der Waals surface area contributed by atoms with E-state index < -0.39 is 0 Å². The largest absolute Gasteiger partial charge is 0.492 e. The third kappa shape index (κ3) is 4.89. The minimum atomic E-state index is 0.612. The van der Waals surface area contributed by atoms with Gasteiger partial charge < -0.3 is 20.3 Å². The van der Waals surface area contributed by atoms with E-state index in [-0.39, 0.29) is 0 Å². The lowest BCUT2D eigenvalue weighted by atomic mass is 10.3. The maximum absolute atomic E-state index is 5.60. The standard InChI is InChI=1S/C16H23N5O/c1-4-22-14-8-6-5-7-13(14)19-15-9-10-17-16(20-15)18-11-12-21(2)3/h5-10H,4,11-12H2,1-3H3,(H2,17,18,19,20). The van der Waals surface area contributed by atoms with Crippen LogP contribution in [0.5, 0.6) is 5.75 Å². The minimum Gasteiger partial charge on any atom is -0.492 e. The second-order valence-corrected chi connectivity index (χ2v) is 5.05. The summed E-state index contributed by atoms with van der Waals surface area (Å²) in [5.74, 6) is 2.15. The molecular weight excluding hydrogens is 278 g/mol. The van der Waals surface area contributed by atoms with Crippen molar-refractivity contribution in [3.63, 3.8) is 0 Å². The van der Waals surface area contributed by atoms with Gasteiger partial charge in [-0.1, -0.05) is 12.1 Å². The number of rotatable bonds is 8. The van der Waals surface area contributed by atoms with Crippen LogP contribution in [0.25, 0.3) is 0 Å². The normalized spacial score (nSPS) is 10.5. The molecule has 118 valence electrons. The van der Waals surface area contributed by atoms with Gasteiger partial charge in [0, 0.05) is 19.3 Å². The summed E-state index contributed by atoms with van der Waals surface area (Å²) in [6.45, 7) is 4.31. The van der Waals surface area contributed by atoms with E-state index in [2.05, 4.69) is 25.5 Å². The fourth-order valence-corrected chi connectivity index (χ4v) is 1.89. The van der Waals surface area contributed by atoms with E-state index in [1.165, 1.54) is 0 Å². The summed E-state index contributed by atoms with van der Waals surface area (Å²) in [7, 11) is 4.07. The van der Waals surface area contributed by atoms with Crippen LogP contribution in [0, 0.1) is 0 Å². The molecule has 0 radical (unpaired) electrons. The molecule has 0 saturated carbocycles. The quantitative estimate of drug-likeness (QED) is 0.781. The van der Waals surface area contributed by atoms with Gasteiger partial charge >= 0.3 is 0 Å². The first-order valence-electron chi connectivity index (χ1n) is 7.39. The van der Waals surface area contributed by atoms with Crippen molar-refractivity contribution in [1.29, 1.82) is 0 Å². The van der Waals surface area contributed by atoms with Crippen LogP contribution < -0.4 is 15.4 Å². The molecule has 22 heavy (non-hydrogen) atoms. The summed E-state index contributed by atoms with van der Waals surface area (Å²) in [6, 6.07) is 9.64. The SMILES string of the molecule is CCOc1ccccc1Nc1ccnc(NCCN(C)C)n1. The van der Waals surface area contributed by atoms with Crippen molar-refractivity contribution in [3.05, 3.63) is 36.5 Å². The Bertz CT molecular complexity index is 588. The molecular formula is C16H23N5O. The second-order valence-electron chi connectivity index (χ2n) is 5.05. The van der Waals surface area contributed by atoms with Crippen LogP contribution in [-0.4, -0.2) is 48.7 Å². The molecule has 0 saturated heterocycles. The highest BCUT2D eigenvalue weighted by molar-refractivity contribution is 5.64. The van der Waals surface area contributed by atoms with Gasteiger partial charge in [-0.05, 0) is 39.2 Å². The Morgan fingerprint density at radius 1 is 1.18 bits per heavy atom. The molecule has 2 rings (SSSR count). The lowest BCUT2D eigenvalue weighted by Crippen LogP contribution is -2.21.